The number of rotatable bonds is 6. The summed E-state index contributed by atoms with van der Waals surface area (Å²) in [6.45, 7) is 7.57. The second kappa shape index (κ2) is 9.99. The molecule has 0 spiro atoms. The second-order valence-electron chi connectivity index (χ2n) is 9.06. The summed E-state index contributed by atoms with van der Waals surface area (Å²) in [6.07, 6.45) is 0. The van der Waals surface area contributed by atoms with E-state index in [9.17, 15) is 14.7 Å². The lowest BCUT2D eigenvalue weighted by Gasteiger charge is -2.20. The van der Waals surface area contributed by atoms with Gasteiger partial charge in [0.1, 0.15) is 23.3 Å². The van der Waals surface area contributed by atoms with Gasteiger partial charge in [-0.05, 0) is 57.0 Å². The molecule has 1 unspecified atom stereocenters. The summed E-state index contributed by atoms with van der Waals surface area (Å²) >= 11 is 2.73. The number of ketones is 1. The quantitative estimate of drug-likeness (QED) is 0.103. The maximum atomic E-state index is 13.3. The number of thioether (sulfide) groups is 1. The van der Waals surface area contributed by atoms with E-state index < -0.39 is 17.7 Å². The molecule has 4 aromatic rings. The SMILES string of the molecule is Cc1ccc(CSc2nnc(N3C(=O)C(=O)/C(=C(/O)c4cc(C)ccc4C)C3c3ccc(C)o3)s2)cc1. The van der Waals surface area contributed by atoms with Crippen molar-refractivity contribution in [1.29, 1.82) is 0 Å². The van der Waals surface area contributed by atoms with Crippen molar-refractivity contribution in [3.8, 4) is 0 Å². The highest BCUT2D eigenvalue weighted by atomic mass is 32.2. The van der Waals surface area contributed by atoms with E-state index in [1.165, 1.54) is 33.6 Å². The van der Waals surface area contributed by atoms with Crippen molar-refractivity contribution in [3.05, 3.63) is 99.5 Å². The molecule has 3 heterocycles. The summed E-state index contributed by atoms with van der Waals surface area (Å²) < 4.78 is 6.54. The number of carbonyl (C=O) groups is 2. The number of aromatic nitrogens is 2. The molecule has 1 atom stereocenters. The molecule has 37 heavy (non-hydrogen) atoms. The van der Waals surface area contributed by atoms with E-state index in [2.05, 4.69) is 34.5 Å². The van der Waals surface area contributed by atoms with Crippen LogP contribution in [0.15, 0.2) is 68.9 Å². The van der Waals surface area contributed by atoms with Gasteiger partial charge in [-0.1, -0.05) is 70.6 Å². The molecule has 1 N–H and O–H groups in total. The zero-order valence-electron chi connectivity index (χ0n) is 20.8. The van der Waals surface area contributed by atoms with Crippen LogP contribution in [0.4, 0.5) is 5.13 Å². The molecule has 2 aromatic heterocycles. The molecule has 0 saturated carbocycles. The number of aliphatic hydroxyl groups excluding tert-OH is 1. The van der Waals surface area contributed by atoms with Gasteiger partial charge in [0.2, 0.25) is 5.13 Å². The van der Waals surface area contributed by atoms with Crippen LogP contribution in [-0.4, -0.2) is 27.0 Å². The van der Waals surface area contributed by atoms with Gasteiger partial charge in [-0.2, -0.15) is 0 Å². The lowest BCUT2D eigenvalue weighted by molar-refractivity contribution is -0.132. The fourth-order valence-corrected chi connectivity index (χ4v) is 6.05. The van der Waals surface area contributed by atoms with Gasteiger partial charge in [-0.25, -0.2) is 0 Å². The normalized spacial score (nSPS) is 17.1. The maximum absolute atomic E-state index is 13.3. The minimum absolute atomic E-state index is 0.0305. The van der Waals surface area contributed by atoms with Crippen LogP contribution in [0, 0.1) is 27.7 Å². The van der Waals surface area contributed by atoms with Gasteiger partial charge < -0.3 is 9.52 Å². The summed E-state index contributed by atoms with van der Waals surface area (Å²) in [5, 5.41) is 20.1. The molecule has 1 aliphatic heterocycles. The Morgan fingerprint density at radius 2 is 1.73 bits per heavy atom. The third-order valence-electron chi connectivity index (χ3n) is 6.21. The van der Waals surface area contributed by atoms with Crippen molar-refractivity contribution in [2.75, 3.05) is 4.90 Å². The summed E-state index contributed by atoms with van der Waals surface area (Å²) in [6, 6.07) is 16.3. The average molecular weight is 532 g/mol. The number of hydrogen-bond donors (Lipinski definition) is 1. The summed E-state index contributed by atoms with van der Waals surface area (Å²) in [4.78, 5) is 28.0. The van der Waals surface area contributed by atoms with Crippen molar-refractivity contribution in [3.63, 3.8) is 0 Å². The first-order valence-corrected chi connectivity index (χ1v) is 13.5. The minimum Gasteiger partial charge on any atom is -0.507 e. The molecule has 9 heteroatoms. The number of benzene rings is 2. The molecule has 7 nitrogen and oxygen atoms in total. The van der Waals surface area contributed by atoms with E-state index in [1.54, 1.807) is 25.1 Å². The molecular weight excluding hydrogens is 506 g/mol. The van der Waals surface area contributed by atoms with Gasteiger partial charge in [-0.15, -0.1) is 10.2 Å². The number of nitrogens with zero attached hydrogens (tertiary/aromatic N) is 3. The van der Waals surface area contributed by atoms with Gasteiger partial charge in [0, 0.05) is 11.3 Å². The van der Waals surface area contributed by atoms with Crippen LogP contribution < -0.4 is 4.90 Å². The third kappa shape index (κ3) is 4.84. The molecule has 1 aliphatic rings. The Bertz CT molecular complexity index is 1540. The lowest BCUT2D eigenvalue weighted by atomic mass is 9.96. The van der Waals surface area contributed by atoms with Gasteiger partial charge >= 0.3 is 5.91 Å². The van der Waals surface area contributed by atoms with Crippen molar-refractivity contribution in [1.82, 2.24) is 10.2 Å². The van der Waals surface area contributed by atoms with Crippen molar-refractivity contribution in [2.45, 2.75) is 43.8 Å². The van der Waals surface area contributed by atoms with Crippen LogP contribution in [0.2, 0.25) is 0 Å². The summed E-state index contributed by atoms with van der Waals surface area (Å²) in [5.74, 6) is -0.119. The molecule has 0 radical (unpaired) electrons. The minimum atomic E-state index is -0.962. The van der Waals surface area contributed by atoms with Gasteiger partial charge in [0.05, 0.1) is 5.57 Å². The lowest BCUT2D eigenvalue weighted by Crippen LogP contribution is -2.29. The third-order valence-corrected chi connectivity index (χ3v) is 8.34. The highest BCUT2D eigenvalue weighted by Gasteiger charge is 2.50. The van der Waals surface area contributed by atoms with Crippen LogP contribution in [0.5, 0.6) is 0 Å². The van der Waals surface area contributed by atoms with E-state index in [4.69, 9.17) is 4.42 Å². The second-order valence-corrected chi connectivity index (χ2v) is 11.2. The predicted octanol–water partition coefficient (Wildman–Crippen LogP) is 6.28. The Balaban J connectivity index is 1.54. The van der Waals surface area contributed by atoms with Crippen LogP contribution >= 0.6 is 23.1 Å². The summed E-state index contributed by atoms with van der Waals surface area (Å²) in [5.41, 5.74) is 4.51. The van der Waals surface area contributed by atoms with Crippen molar-refractivity contribution >= 4 is 45.7 Å². The van der Waals surface area contributed by atoms with Crippen molar-refractivity contribution in [2.24, 2.45) is 0 Å². The van der Waals surface area contributed by atoms with E-state index in [-0.39, 0.29) is 16.5 Å². The fourth-order valence-electron chi connectivity index (χ4n) is 4.22. The van der Waals surface area contributed by atoms with Crippen LogP contribution in [-0.2, 0) is 15.3 Å². The summed E-state index contributed by atoms with van der Waals surface area (Å²) in [7, 11) is 0. The molecular formula is C28H25N3O4S2. The van der Waals surface area contributed by atoms with Crippen LogP contribution in [0.1, 0.15) is 45.4 Å². The number of aryl methyl sites for hydroxylation is 4. The smallest absolute Gasteiger partial charge is 0.302 e. The van der Waals surface area contributed by atoms with E-state index >= 15 is 0 Å². The van der Waals surface area contributed by atoms with Gasteiger partial charge in [0.15, 0.2) is 4.34 Å². The predicted molar refractivity (Wildman–Crippen MR) is 145 cm³/mol. The highest BCUT2D eigenvalue weighted by Crippen LogP contribution is 2.44. The number of Topliss-reactive ketones (excluding diaryl/α,β-unsaturated/α-hetero) is 1. The Labute approximate surface area is 222 Å². The van der Waals surface area contributed by atoms with Crippen LogP contribution in [0.25, 0.3) is 5.76 Å². The van der Waals surface area contributed by atoms with E-state index in [1.807, 2.05) is 32.9 Å². The first kappa shape index (κ1) is 25.0. The van der Waals surface area contributed by atoms with E-state index in [0.29, 0.717) is 27.2 Å². The Morgan fingerprint density at radius 3 is 2.43 bits per heavy atom. The number of carbonyl (C=O) groups excluding carboxylic acids is 2. The number of amides is 1. The molecule has 2 aromatic carbocycles. The topological polar surface area (TPSA) is 96.5 Å². The molecule has 1 saturated heterocycles. The number of hydrogen-bond acceptors (Lipinski definition) is 8. The zero-order valence-corrected chi connectivity index (χ0v) is 22.4. The first-order chi connectivity index (χ1) is 17.7. The Kier molecular flexibility index (Phi) is 6.74. The standard InChI is InChI=1S/C28H25N3O4S2/c1-15-6-10-19(11-7-15)14-36-28-30-29-27(37-28)31-23(21-12-9-18(4)35-21)22(25(33)26(31)34)24(32)20-13-16(2)5-8-17(20)3/h5-13,23,32H,14H2,1-4H3/b24-22+. The fraction of sp³-hybridized carbons (Fsp3) is 0.214. The first-order valence-electron chi connectivity index (χ1n) is 11.7. The van der Waals surface area contributed by atoms with Gasteiger partial charge in [0.25, 0.3) is 5.78 Å². The monoisotopic (exact) mass is 531 g/mol. The highest BCUT2D eigenvalue weighted by molar-refractivity contribution is 8.00. The molecule has 0 bridgehead atoms. The number of anilines is 1. The zero-order chi connectivity index (χ0) is 26.3. The van der Waals surface area contributed by atoms with E-state index in [0.717, 1.165) is 16.7 Å². The molecule has 188 valence electrons. The number of furan rings is 1. The molecule has 1 amide bonds. The van der Waals surface area contributed by atoms with Gasteiger partial charge in [-0.3, -0.25) is 14.5 Å². The van der Waals surface area contributed by atoms with Crippen LogP contribution in [0.3, 0.4) is 0 Å². The molecule has 0 aliphatic carbocycles. The molecule has 1 fully saturated rings. The largest absolute Gasteiger partial charge is 0.507 e. The number of aliphatic hydroxyl groups is 1. The average Bonchev–Trinajstić information content (AvgIpc) is 3.58. The van der Waals surface area contributed by atoms with Crippen molar-refractivity contribution < 1.29 is 19.1 Å². The Hall–Kier alpha value is -3.69. The maximum Gasteiger partial charge on any atom is 0.302 e. The Morgan fingerprint density at radius 1 is 1.00 bits per heavy atom. The molecule has 5 rings (SSSR count).